The summed E-state index contributed by atoms with van der Waals surface area (Å²) < 4.78 is 17.5. The predicted octanol–water partition coefficient (Wildman–Crippen LogP) is 4.05. The Morgan fingerprint density at radius 2 is 1.74 bits per heavy atom. The van der Waals surface area contributed by atoms with E-state index < -0.39 is 11.5 Å². The van der Waals surface area contributed by atoms with Crippen molar-refractivity contribution in [2.45, 2.75) is 0 Å². The number of methoxy groups -OCH3 is 2. The van der Waals surface area contributed by atoms with Crippen LogP contribution in [0.4, 0.5) is 5.69 Å². The summed E-state index contributed by atoms with van der Waals surface area (Å²) in [5.41, 5.74) is -0.0823. The number of carbonyl (C=O) groups excluding carboxylic acids is 1. The number of anilines is 1. The van der Waals surface area contributed by atoms with Crippen molar-refractivity contribution in [2.24, 2.45) is 0 Å². The van der Waals surface area contributed by atoms with Crippen LogP contribution in [0.5, 0.6) is 23.1 Å². The molecule has 0 atom stereocenters. The van der Waals surface area contributed by atoms with Crippen molar-refractivity contribution < 1.29 is 19.0 Å². The monoisotopic (exact) mass is 468 g/mol. The molecule has 2 heterocycles. The first-order valence-electron chi connectivity index (χ1n) is 10.4. The van der Waals surface area contributed by atoms with Crippen LogP contribution in [0.2, 0.25) is 0 Å². The van der Waals surface area contributed by atoms with E-state index in [0.717, 1.165) is 0 Å². The number of fused-ring (bicyclic) bond motifs is 1. The van der Waals surface area contributed by atoms with Gasteiger partial charge in [0.15, 0.2) is 0 Å². The van der Waals surface area contributed by atoms with E-state index in [2.05, 4.69) is 10.3 Å². The van der Waals surface area contributed by atoms with Gasteiger partial charge in [-0.15, -0.1) is 0 Å². The zero-order chi connectivity index (χ0) is 24.8. The van der Waals surface area contributed by atoms with Crippen molar-refractivity contribution in [3.8, 4) is 29.2 Å². The van der Waals surface area contributed by atoms with Gasteiger partial charge in [-0.3, -0.25) is 14.0 Å². The van der Waals surface area contributed by atoms with Gasteiger partial charge in [-0.25, -0.2) is 0 Å². The maximum Gasteiger partial charge on any atom is 0.269 e. The smallest absolute Gasteiger partial charge is 0.269 e. The maximum atomic E-state index is 13.3. The zero-order valence-electron chi connectivity index (χ0n) is 18.9. The van der Waals surface area contributed by atoms with Crippen molar-refractivity contribution in [2.75, 3.05) is 19.5 Å². The predicted molar refractivity (Wildman–Crippen MR) is 130 cm³/mol. The fourth-order valence-corrected chi connectivity index (χ4v) is 3.23. The number of hydrogen-bond acceptors (Lipinski definition) is 7. The Balaban J connectivity index is 1.76. The van der Waals surface area contributed by atoms with E-state index in [-0.39, 0.29) is 17.0 Å². The number of ether oxygens (including phenoxy) is 3. The molecule has 0 aliphatic heterocycles. The fraction of sp³-hybridized carbons (Fsp3) is 0.0769. The molecule has 1 N–H and O–H groups in total. The number of pyridine rings is 1. The van der Waals surface area contributed by atoms with Crippen molar-refractivity contribution in [3.63, 3.8) is 0 Å². The summed E-state index contributed by atoms with van der Waals surface area (Å²) in [5, 5.41) is 12.3. The highest BCUT2D eigenvalue weighted by atomic mass is 16.5. The number of carbonyl (C=O) groups is 1. The summed E-state index contributed by atoms with van der Waals surface area (Å²) in [6, 6.07) is 20.3. The van der Waals surface area contributed by atoms with E-state index in [1.807, 2.05) is 6.07 Å². The second-order valence-corrected chi connectivity index (χ2v) is 7.20. The molecule has 0 radical (unpaired) electrons. The first-order valence-corrected chi connectivity index (χ1v) is 10.4. The molecule has 0 saturated heterocycles. The lowest BCUT2D eigenvalue weighted by Gasteiger charge is -2.11. The minimum Gasteiger partial charge on any atom is -0.497 e. The molecular formula is C26H20N4O5. The minimum absolute atomic E-state index is 0.0479. The number of nitriles is 1. The van der Waals surface area contributed by atoms with Crippen LogP contribution >= 0.6 is 0 Å². The maximum absolute atomic E-state index is 13.3. The molecule has 0 aliphatic carbocycles. The van der Waals surface area contributed by atoms with Gasteiger partial charge in [0.1, 0.15) is 40.1 Å². The van der Waals surface area contributed by atoms with Gasteiger partial charge in [0.05, 0.1) is 14.2 Å². The molecule has 174 valence electrons. The van der Waals surface area contributed by atoms with Gasteiger partial charge >= 0.3 is 0 Å². The minimum atomic E-state index is -0.700. The Morgan fingerprint density at radius 1 is 1.00 bits per heavy atom. The lowest BCUT2D eigenvalue weighted by atomic mass is 10.1. The van der Waals surface area contributed by atoms with Gasteiger partial charge in [-0.05, 0) is 54.6 Å². The second-order valence-electron chi connectivity index (χ2n) is 7.20. The van der Waals surface area contributed by atoms with Crippen LogP contribution in [-0.2, 0) is 4.79 Å². The van der Waals surface area contributed by atoms with E-state index >= 15 is 0 Å². The number of rotatable bonds is 7. The third kappa shape index (κ3) is 5.12. The molecule has 2 aromatic carbocycles. The highest BCUT2D eigenvalue weighted by molar-refractivity contribution is 6.09. The van der Waals surface area contributed by atoms with E-state index in [0.29, 0.717) is 28.6 Å². The lowest BCUT2D eigenvalue weighted by molar-refractivity contribution is -0.112. The standard InChI is InChI=1S/C26H20N4O5/c1-33-19-9-11-20(12-10-19)35-25-22(26(32)30-13-4-3-8-23(30)29-25)14-17(16-27)24(31)28-18-6-5-7-21(15-18)34-2/h3-15H,1-2H3,(H,28,31)/b17-14+. The average molecular weight is 468 g/mol. The average Bonchev–Trinajstić information content (AvgIpc) is 2.89. The summed E-state index contributed by atoms with van der Waals surface area (Å²) in [6.07, 6.45) is 2.71. The van der Waals surface area contributed by atoms with Crippen molar-refractivity contribution in [1.29, 1.82) is 5.26 Å². The van der Waals surface area contributed by atoms with Crippen LogP contribution in [0.15, 0.2) is 83.3 Å². The summed E-state index contributed by atoms with van der Waals surface area (Å²) in [5.74, 6) is 0.816. The Kier molecular flexibility index (Phi) is 6.74. The van der Waals surface area contributed by atoms with Gasteiger partial charge < -0.3 is 19.5 Å². The van der Waals surface area contributed by atoms with Gasteiger partial charge in [-0.2, -0.15) is 10.2 Å². The second kappa shape index (κ2) is 10.2. The fourth-order valence-electron chi connectivity index (χ4n) is 3.23. The molecule has 0 spiro atoms. The largest absolute Gasteiger partial charge is 0.497 e. The van der Waals surface area contributed by atoms with Crippen LogP contribution in [0.1, 0.15) is 5.56 Å². The Bertz CT molecular complexity index is 1520. The molecule has 0 fully saturated rings. The van der Waals surface area contributed by atoms with Crippen LogP contribution in [0.3, 0.4) is 0 Å². The first-order chi connectivity index (χ1) is 17.0. The van der Waals surface area contributed by atoms with Crippen LogP contribution < -0.4 is 25.1 Å². The number of nitrogens with zero attached hydrogens (tertiary/aromatic N) is 3. The summed E-state index contributed by atoms with van der Waals surface area (Å²) in [7, 11) is 3.05. The highest BCUT2D eigenvalue weighted by Gasteiger charge is 2.18. The molecule has 0 aliphatic rings. The molecule has 4 aromatic rings. The Labute approximate surface area is 200 Å². The summed E-state index contributed by atoms with van der Waals surface area (Å²) in [6.45, 7) is 0. The zero-order valence-corrected chi connectivity index (χ0v) is 18.9. The van der Waals surface area contributed by atoms with Gasteiger partial charge in [0.25, 0.3) is 11.5 Å². The highest BCUT2D eigenvalue weighted by Crippen LogP contribution is 2.26. The van der Waals surface area contributed by atoms with Crippen molar-refractivity contribution >= 4 is 23.3 Å². The molecule has 9 heteroatoms. The van der Waals surface area contributed by atoms with E-state index in [1.54, 1.807) is 80.0 Å². The normalized spacial score (nSPS) is 10.9. The molecule has 1 amide bonds. The van der Waals surface area contributed by atoms with Gasteiger partial charge in [0.2, 0.25) is 5.88 Å². The summed E-state index contributed by atoms with van der Waals surface area (Å²) in [4.78, 5) is 30.5. The molecular weight excluding hydrogens is 448 g/mol. The van der Waals surface area contributed by atoms with Crippen molar-refractivity contribution in [1.82, 2.24) is 9.38 Å². The molecule has 9 nitrogen and oxygen atoms in total. The van der Waals surface area contributed by atoms with Crippen LogP contribution in [0.25, 0.3) is 11.7 Å². The first kappa shape index (κ1) is 23.1. The molecule has 2 aromatic heterocycles. The number of amides is 1. The molecule has 0 saturated carbocycles. The van der Waals surface area contributed by atoms with E-state index in [4.69, 9.17) is 14.2 Å². The topological polar surface area (TPSA) is 115 Å². The number of aromatic nitrogens is 2. The summed E-state index contributed by atoms with van der Waals surface area (Å²) >= 11 is 0. The van der Waals surface area contributed by atoms with E-state index in [1.165, 1.54) is 17.6 Å². The number of nitrogens with one attached hydrogen (secondary N) is 1. The van der Waals surface area contributed by atoms with Gasteiger partial charge in [-0.1, -0.05) is 12.1 Å². The third-order valence-corrected chi connectivity index (χ3v) is 4.99. The molecule has 4 rings (SSSR count). The Morgan fingerprint density at radius 3 is 2.46 bits per heavy atom. The van der Waals surface area contributed by atoms with Crippen LogP contribution in [0, 0.1) is 11.3 Å². The van der Waals surface area contributed by atoms with Crippen molar-refractivity contribution in [3.05, 3.63) is 94.4 Å². The molecule has 0 unspecified atom stereocenters. The third-order valence-electron chi connectivity index (χ3n) is 4.99. The molecule has 35 heavy (non-hydrogen) atoms. The van der Waals surface area contributed by atoms with Gasteiger partial charge in [0, 0.05) is 18.0 Å². The SMILES string of the molecule is COc1ccc(Oc2nc3ccccn3c(=O)c2/C=C(\C#N)C(=O)Nc2cccc(OC)c2)cc1. The number of benzene rings is 2. The lowest BCUT2D eigenvalue weighted by Crippen LogP contribution is -2.20. The Hall–Kier alpha value is -5.10. The van der Waals surface area contributed by atoms with Crippen LogP contribution in [-0.4, -0.2) is 29.5 Å². The quantitative estimate of drug-likeness (QED) is 0.321. The molecule has 0 bridgehead atoms. The van der Waals surface area contributed by atoms with E-state index in [9.17, 15) is 14.9 Å². The number of hydrogen-bond donors (Lipinski definition) is 1.